The van der Waals surface area contributed by atoms with E-state index in [1.165, 1.54) is 48.2 Å². The lowest BCUT2D eigenvalue weighted by Crippen LogP contribution is -2.13. The quantitative estimate of drug-likeness (QED) is 0.693. The minimum Gasteiger partial charge on any atom is -0.322 e. The fraction of sp³-hybridized carbons (Fsp3) is 0.235. The van der Waals surface area contributed by atoms with Gasteiger partial charge in [-0.25, -0.2) is 0 Å². The smallest absolute Gasteiger partial charge is 0.269 e. The maximum absolute atomic E-state index is 12.3. The van der Waals surface area contributed by atoms with E-state index in [9.17, 15) is 14.9 Å². The van der Waals surface area contributed by atoms with Crippen molar-refractivity contribution in [1.29, 1.82) is 0 Å². The minimum absolute atomic E-state index is 0.00628. The Morgan fingerprint density at radius 3 is 2.36 bits per heavy atom. The summed E-state index contributed by atoms with van der Waals surface area (Å²) in [6.45, 7) is 0. The first kappa shape index (κ1) is 14.3. The third-order valence-corrected chi connectivity index (χ3v) is 3.95. The Labute approximate surface area is 128 Å². The molecule has 0 radical (unpaired) electrons. The Bertz CT molecular complexity index is 723. The van der Waals surface area contributed by atoms with Crippen LogP contribution in [0, 0.1) is 10.1 Å². The summed E-state index contributed by atoms with van der Waals surface area (Å²) in [5.41, 5.74) is 3.76. The van der Waals surface area contributed by atoms with Crippen LogP contribution in [0.15, 0.2) is 42.5 Å². The highest BCUT2D eigenvalue weighted by molar-refractivity contribution is 6.04. The summed E-state index contributed by atoms with van der Waals surface area (Å²) in [5.74, 6) is -0.192. The van der Waals surface area contributed by atoms with Crippen molar-refractivity contribution in [1.82, 2.24) is 0 Å². The van der Waals surface area contributed by atoms with Crippen LogP contribution in [0.1, 0.15) is 34.3 Å². The molecule has 1 aliphatic rings. The Morgan fingerprint density at radius 2 is 1.68 bits per heavy atom. The van der Waals surface area contributed by atoms with E-state index < -0.39 is 4.92 Å². The number of anilines is 1. The summed E-state index contributed by atoms with van der Waals surface area (Å²) in [7, 11) is 0. The number of nitro benzene ring substituents is 1. The van der Waals surface area contributed by atoms with E-state index in [4.69, 9.17) is 0 Å². The summed E-state index contributed by atoms with van der Waals surface area (Å²) in [4.78, 5) is 22.4. The van der Waals surface area contributed by atoms with E-state index in [0.717, 1.165) is 12.8 Å². The monoisotopic (exact) mass is 296 g/mol. The van der Waals surface area contributed by atoms with Crippen molar-refractivity contribution in [3.63, 3.8) is 0 Å². The maximum Gasteiger partial charge on any atom is 0.269 e. The van der Waals surface area contributed by atoms with Crippen molar-refractivity contribution in [3.8, 4) is 0 Å². The average Bonchev–Trinajstić information content (AvgIpc) is 2.55. The van der Waals surface area contributed by atoms with Gasteiger partial charge in [-0.3, -0.25) is 14.9 Å². The zero-order valence-corrected chi connectivity index (χ0v) is 12.0. The third-order valence-electron chi connectivity index (χ3n) is 3.95. The number of aryl methyl sites for hydroxylation is 2. The number of hydrogen-bond donors (Lipinski definition) is 1. The molecular weight excluding hydrogens is 280 g/mol. The molecule has 112 valence electrons. The van der Waals surface area contributed by atoms with E-state index in [1.54, 1.807) is 0 Å². The van der Waals surface area contributed by atoms with Gasteiger partial charge < -0.3 is 5.32 Å². The number of rotatable bonds is 3. The molecule has 5 heteroatoms. The lowest BCUT2D eigenvalue weighted by atomic mass is 9.90. The predicted octanol–water partition coefficient (Wildman–Crippen LogP) is 3.73. The molecule has 0 saturated carbocycles. The summed E-state index contributed by atoms with van der Waals surface area (Å²) in [5, 5.41) is 13.4. The molecule has 5 nitrogen and oxygen atoms in total. The zero-order chi connectivity index (χ0) is 15.5. The average molecular weight is 296 g/mol. The topological polar surface area (TPSA) is 72.2 Å². The van der Waals surface area contributed by atoms with Gasteiger partial charge in [-0.05, 0) is 61.1 Å². The van der Waals surface area contributed by atoms with E-state index in [0.29, 0.717) is 11.3 Å². The lowest BCUT2D eigenvalue weighted by Gasteiger charge is -2.16. The van der Waals surface area contributed by atoms with Crippen LogP contribution in [0.5, 0.6) is 0 Å². The second-order valence-corrected chi connectivity index (χ2v) is 5.45. The molecule has 1 N–H and O–H groups in total. The van der Waals surface area contributed by atoms with Crippen molar-refractivity contribution in [3.05, 3.63) is 69.3 Å². The Kier molecular flexibility index (Phi) is 3.87. The van der Waals surface area contributed by atoms with Gasteiger partial charge in [0.15, 0.2) is 0 Å². The van der Waals surface area contributed by atoms with Gasteiger partial charge >= 0.3 is 0 Å². The molecule has 0 fully saturated rings. The highest BCUT2D eigenvalue weighted by atomic mass is 16.6. The number of nitro groups is 1. The maximum atomic E-state index is 12.3. The van der Waals surface area contributed by atoms with Crippen molar-refractivity contribution >= 4 is 17.3 Å². The van der Waals surface area contributed by atoms with Crippen LogP contribution in [0.25, 0.3) is 0 Å². The first-order chi connectivity index (χ1) is 10.6. The fourth-order valence-corrected chi connectivity index (χ4v) is 2.74. The van der Waals surface area contributed by atoms with Gasteiger partial charge in [0, 0.05) is 23.4 Å². The zero-order valence-electron chi connectivity index (χ0n) is 12.0. The second-order valence-electron chi connectivity index (χ2n) is 5.45. The van der Waals surface area contributed by atoms with Crippen LogP contribution in [0.3, 0.4) is 0 Å². The fourth-order valence-electron chi connectivity index (χ4n) is 2.74. The van der Waals surface area contributed by atoms with Gasteiger partial charge in [-0.2, -0.15) is 0 Å². The molecule has 3 rings (SSSR count). The van der Waals surface area contributed by atoms with Crippen LogP contribution in [-0.2, 0) is 12.8 Å². The summed E-state index contributed by atoms with van der Waals surface area (Å²) in [6, 6.07) is 11.6. The highest BCUT2D eigenvalue weighted by Gasteiger charge is 2.13. The molecule has 2 aromatic carbocycles. The molecule has 0 unspecified atom stereocenters. The van der Waals surface area contributed by atoms with Gasteiger partial charge in [-0.1, -0.05) is 6.07 Å². The predicted molar refractivity (Wildman–Crippen MR) is 84.1 cm³/mol. The number of fused-ring (bicyclic) bond motifs is 1. The number of nitrogens with zero attached hydrogens (tertiary/aromatic N) is 1. The molecule has 0 heterocycles. The van der Waals surface area contributed by atoms with Crippen LogP contribution < -0.4 is 5.32 Å². The first-order valence-corrected chi connectivity index (χ1v) is 7.31. The molecule has 2 aromatic rings. The van der Waals surface area contributed by atoms with E-state index in [2.05, 4.69) is 5.32 Å². The van der Waals surface area contributed by atoms with Crippen molar-refractivity contribution in [2.24, 2.45) is 0 Å². The van der Waals surface area contributed by atoms with Gasteiger partial charge in [0.25, 0.3) is 11.6 Å². The van der Waals surface area contributed by atoms with Crippen LogP contribution in [0.4, 0.5) is 11.4 Å². The normalized spacial score (nSPS) is 13.3. The Hall–Kier alpha value is -2.69. The number of benzene rings is 2. The SMILES string of the molecule is O=C(Nc1ccc([N+](=O)[O-])cc1)c1ccc2c(c1)CCCC2. The molecule has 0 aliphatic heterocycles. The number of carbonyl (C=O) groups is 1. The second kappa shape index (κ2) is 5.97. The van der Waals surface area contributed by atoms with Crippen molar-refractivity contribution in [2.75, 3.05) is 5.32 Å². The van der Waals surface area contributed by atoms with E-state index in [1.807, 2.05) is 18.2 Å². The van der Waals surface area contributed by atoms with E-state index in [-0.39, 0.29) is 11.6 Å². The molecule has 0 saturated heterocycles. The van der Waals surface area contributed by atoms with Gasteiger partial charge in [-0.15, -0.1) is 0 Å². The Morgan fingerprint density at radius 1 is 1.00 bits per heavy atom. The van der Waals surface area contributed by atoms with Gasteiger partial charge in [0.05, 0.1) is 4.92 Å². The van der Waals surface area contributed by atoms with Gasteiger partial charge in [0.1, 0.15) is 0 Å². The van der Waals surface area contributed by atoms with Crippen LogP contribution in [-0.4, -0.2) is 10.8 Å². The minimum atomic E-state index is -0.463. The Balaban J connectivity index is 1.75. The molecule has 0 spiro atoms. The van der Waals surface area contributed by atoms with Crippen LogP contribution in [0.2, 0.25) is 0 Å². The van der Waals surface area contributed by atoms with Crippen molar-refractivity contribution in [2.45, 2.75) is 25.7 Å². The largest absolute Gasteiger partial charge is 0.322 e. The molecule has 0 aromatic heterocycles. The first-order valence-electron chi connectivity index (χ1n) is 7.31. The molecule has 1 aliphatic carbocycles. The standard InChI is InChI=1S/C17H16N2O3/c20-17(18-15-7-9-16(10-8-15)19(21)22)14-6-5-12-3-1-2-4-13(12)11-14/h5-11H,1-4H2,(H,18,20). The number of non-ortho nitro benzene ring substituents is 1. The van der Waals surface area contributed by atoms with Crippen molar-refractivity contribution < 1.29 is 9.72 Å². The summed E-state index contributed by atoms with van der Waals surface area (Å²) >= 11 is 0. The third kappa shape index (κ3) is 2.98. The molecule has 22 heavy (non-hydrogen) atoms. The van der Waals surface area contributed by atoms with Gasteiger partial charge in [0.2, 0.25) is 0 Å². The molecule has 0 atom stereocenters. The molecule has 1 amide bonds. The summed E-state index contributed by atoms with van der Waals surface area (Å²) < 4.78 is 0. The number of nitrogens with one attached hydrogen (secondary N) is 1. The number of carbonyl (C=O) groups excluding carboxylic acids is 1. The molecular formula is C17H16N2O3. The number of hydrogen-bond acceptors (Lipinski definition) is 3. The van der Waals surface area contributed by atoms with Crippen LogP contribution >= 0.6 is 0 Å². The molecule has 0 bridgehead atoms. The number of amides is 1. The summed E-state index contributed by atoms with van der Waals surface area (Å²) in [6.07, 6.45) is 4.48. The highest BCUT2D eigenvalue weighted by Crippen LogP contribution is 2.23. The van der Waals surface area contributed by atoms with E-state index >= 15 is 0 Å². The lowest BCUT2D eigenvalue weighted by molar-refractivity contribution is -0.384.